The molecule has 0 spiro atoms. The van der Waals surface area contributed by atoms with Gasteiger partial charge in [-0.1, -0.05) is 0 Å². The first-order valence-electron chi connectivity index (χ1n) is 4.87. The molecule has 0 aliphatic carbocycles. The zero-order valence-electron chi connectivity index (χ0n) is 9.31. The highest BCUT2D eigenvalue weighted by Crippen LogP contribution is 2.20. The van der Waals surface area contributed by atoms with Crippen molar-refractivity contribution in [1.29, 1.82) is 0 Å². The number of nitrogens with zero attached hydrogens (tertiary/aromatic N) is 1. The second kappa shape index (κ2) is 6.58. The van der Waals surface area contributed by atoms with Crippen LogP contribution < -0.4 is 10.5 Å². The van der Waals surface area contributed by atoms with E-state index in [1.54, 1.807) is 11.8 Å². The molecule has 17 heavy (non-hydrogen) atoms. The summed E-state index contributed by atoms with van der Waals surface area (Å²) in [4.78, 5) is 3.81. The quantitative estimate of drug-likeness (QED) is 0.766. The zero-order chi connectivity index (χ0) is 12.9. The Balaban J connectivity index is 2.79. The van der Waals surface area contributed by atoms with Crippen LogP contribution in [0, 0.1) is 0 Å². The Kier molecular flexibility index (Phi) is 5.71. The molecular formula is C9H14BrN3O2S2. The maximum Gasteiger partial charge on any atom is 0.244 e. The Morgan fingerprint density at radius 2 is 2.29 bits per heavy atom. The SMILES string of the molecule is CSCCCNS(=O)(=O)c1cc(Br)cnc1N. The minimum Gasteiger partial charge on any atom is -0.383 e. The van der Waals surface area contributed by atoms with Gasteiger partial charge in [0.2, 0.25) is 10.0 Å². The van der Waals surface area contributed by atoms with Crippen LogP contribution in [0.1, 0.15) is 6.42 Å². The topological polar surface area (TPSA) is 85.1 Å². The molecule has 0 radical (unpaired) electrons. The summed E-state index contributed by atoms with van der Waals surface area (Å²) in [6, 6.07) is 1.44. The largest absolute Gasteiger partial charge is 0.383 e. The number of rotatable bonds is 6. The summed E-state index contributed by atoms with van der Waals surface area (Å²) in [6.45, 7) is 0.398. The number of anilines is 1. The first kappa shape index (κ1) is 14.7. The molecule has 0 fully saturated rings. The van der Waals surface area contributed by atoms with Gasteiger partial charge in [-0.05, 0) is 40.4 Å². The van der Waals surface area contributed by atoms with Crippen molar-refractivity contribution in [3.63, 3.8) is 0 Å². The number of thioether (sulfide) groups is 1. The fourth-order valence-electron chi connectivity index (χ4n) is 1.15. The standard InChI is InChI=1S/C9H14BrN3O2S2/c1-16-4-2-3-13-17(14,15)8-5-7(10)6-12-9(8)11/h5-6,13H,2-4H2,1H3,(H2,11,12). The van der Waals surface area contributed by atoms with Crippen LogP contribution in [0.2, 0.25) is 0 Å². The van der Waals surface area contributed by atoms with Gasteiger partial charge < -0.3 is 5.73 Å². The van der Waals surface area contributed by atoms with Crippen molar-refractivity contribution in [2.45, 2.75) is 11.3 Å². The smallest absolute Gasteiger partial charge is 0.244 e. The van der Waals surface area contributed by atoms with Gasteiger partial charge in [0.05, 0.1) is 0 Å². The molecule has 1 rings (SSSR count). The third kappa shape index (κ3) is 4.46. The number of pyridine rings is 1. The van der Waals surface area contributed by atoms with Crippen molar-refractivity contribution < 1.29 is 8.42 Å². The second-order valence-corrected chi connectivity index (χ2v) is 6.92. The maximum atomic E-state index is 11.9. The number of hydrogen-bond donors (Lipinski definition) is 2. The van der Waals surface area contributed by atoms with Gasteiger partial charge in [-0.25, -0.2) is 18.1 Å². The summed E-state index contributed by atoms with van der Waals surface area (Å²) >= 11 is 4.84. The van der Waals surface area contributed by atoms with Crippen molar-refractivity contribution in [3.8, 4) is 0 Å². The Labute approximate surface area is 114 Å². The number of hydrogen-bond acceptors (Lipinski definition) is 5. The van der Waals surface area contributed by atoms with Crippen molar-refractivity contribution in [3.05, 3.63) is 16.7 Å². The van der Waals surface area contributed by atoms with Gasteiger partial charge in [-0.3, -0.25) is 0 Å². The highest BCUT2D eigenvalue weighted by atomic mass is 79.9. The van der Waals surface area contributed by atoms with E-state index in [1.807, 2.05) is 6.26 Å². The maximum absolute atomic E-state index is 11.9. The van der Waals surface area contributed by atoms with Crippen LogP contribution in [0.25, 0.3) is 0 Å². The molecule has 0 saturated heterocycles. The summed E-state index contributed by atoms with van der Waals surface area (Å²) in [5.41, 5.74) is 5.55. The Morgan fingerprint density at radius 3 is 2.94 bits per heavy atom. The van der Waals surface area contributed by atoms with E-state index in [0.29, 0.717) is 11.0 Å². The normalized spacial score (nSPS) is 11.6. The second-order valence-electron chi connectivity index (χ2n) is 3.28. The Morgan fingerprint density at radius 1 is 1.59 bits per heavy atom. The van der Waals surface area contributed by atoms with Gasteiger partial charge in [-0.2, -0.15) is 11.8 Å². The summed E-state index contributed by atoms with van der Waals surface area (Å²) in [7, 11) is -3.57. The predicted molar refractivity (Wildman–Crippen MR) is 74.5 cm³/mol. The number of nitrogen functional groups attached to an aromatic ring is 1. The van der Waals surface area contributed by atoms with Gasteiger partial charge in [0.25, 0.3) is 0 Å². The van der Waals surface area contributed by atoms with Crippen LogP contribution in [-0.4, -0.2) is 32.0 Å². The van der Waals surface area contributed by atoms with Crippen LogP contribution in [0.15, 0.2) is 21.6 Å². The van der Waals surface area contributed by atoms with Crippen LogP contribution in [0.3, 0.4) is 0 Å². The molecule has 0 aliphatic heterocycles. The number of nitrogens with one attached hydrogen (secondary N) is 1. The van der Waals surface area contributed by atoms with E-state index >= 15 is 0 Å². The molecule has 3 N–H and O–H groups in total. The van der Waals surface area contributed by atoms with Crippen LogP contribution in [0.4, 0.5) is 5.82 Å². The number of sulfonamides is 1. The Hall–Kier alpha value is -0.310. The van der Waals surface area contributed by atoms with E-state index in [0.717, 1.165) is 12.2 Å². The van der Waals surface area contributed by atoms with E-state index in [2.05, 4.69) is 25.6 Å². The van der Waals surface area contributed by atoms with Gasteiger partial charge in [-0.15, -0.1) is 0 Å². The lowest BCUT2D eigenvalue weighted by molar-refractivity contribution is 0.581. The molecule has 1 aromatic heterocycles. The average Bonchev–Trinajstić information content (AvgIpc) is 2.28. The molecule has 5 nitrogen and oxygen atoms in total. The van der Waals surface area contributed by atoms with Crippen LogP contribution >= 0.6 is 27.7 Å². The minimum absolute atomic E-state index is 0.00515. The lowest BCUT2D eigenvalue weighted by atomic mass is 10.5. The number of nitrogens with two attached hydrogens (primary N) is 1. The van der Waals surface area contributed by atoms with Crippen molar-refractivity contribution in [2.75, 3.05) is 24.3 Å². The molecule has 1 heterocycles. The summed E-state index contributed by atoms with van der Waals surface area (Å²) in [5.74, 6) is 0.917. The third-order valence-electron chi connectivity index (χ3n) is 1.96. The van der Waals surface area contributed by atoms with Crippen molar-refractivity contribution in [1.82, 2.24) is 9.71 Å². The molecule has 0 unspecified atom stereocenters. The highest BCUT2D eigenvalue weighted by molar-refractivity contribution is 9.10. The van der Waals surface area contributed by atoms with E-state index in [-0.39, 0.29) is 10.7 Å². The molecule has 0 amide bonds. The summed E-state index contributed by atoms with van der Waals surface area (Å²) in [6.07, 6.45) is 4.22. The van der Waals surface area contributed by atoms with Crippen molar-refractivity contribution >= 4 is 43.5 Å². The molecular weight excluding hydrogens is 326 g/mol. The van der Waals surface area contributed by atoms with Crippen LogP contribution in [0.5, 0.6) is 0 Å². The van der Waals surface area contributed by atoms with Crippen molar-refractivity contribution in [2.24, 2.45) is 0 Å². The van der Waals surface area contributed by atoms with E-state index in [9.17, 15) is 8.42 Å². The number of halogens is 1. The van der Waals surface area contributed by atoms with E-state index < -0.39 is 10.0 Å². The molecule has 0 aliphatic rings. The average molecular weight is 340 g/mol. The molecule has 0 saturated carbocycles. The molecule has 0 bridgehead atoms. The van der Waals surface area contributed by atoms with E-state index in [4.69, 9.17) is 5.73 Å². The molecule has 96 valence electrons. The Bertz CT molecular complexity index is 479. The lowest BCUT2D eigenvalue weighted by Gasteiger charge is -2.08. The summed E-state index contributed by atoms with van der Waals surface area (Å²) in [5, 5.41) is 0. The fourth-order valence-corrected chi connectivity index (χ4v) is 3.24. The summed E-state index contributed by atoms with van der Waals surface area (Å²) < 4.78 is 26.9. The number of aromatic nitrogens is 1. The van der Waals surface area contributed by atoms with Gasteiger partial charge in [0.15, 0.2) is 0 Å². The first-order chi connectivity index (χ1) is 7.97. The van der Waals surface area contributed by atoms with Gasteiger partial charge in [0, 0.05) is 17.2 Å². The first-order valence-corrected chi connectivity index (χ1v) is 8.54. The molecule has 0 atom stereocenters. The monoisotopic (exact) mass is 339 g/mol. The third-order valence-corrected chi connectivity index (χ3v) is 4.58. The fraction of sp³-hybridized carbons (Fsp3) is 0.444. The van der Waals surface area contributed by atoms with E-state index in [1.165, 1.54) is 12.3 Å². The highest BCUT2D eigenvalue weighted by Gasteiger charge is 2.18. The van der Waals surface area contributed by atoms with Gasteiger partial charge >= 0.3 is 0 Å². The van der Waals surface area contributed by atoms with Crippen LogP contribution in [-0.2, 0) is 10.0 Å². The molecule has 8 heteroatoms. The minimum atomic E-state index is -3.57. The molecule has 0 aromatic carbocycles. The zero-order valence-corrected chi connectivity index (χ0v) is 12.5. The van der Waals surface area contributed by atoms with Gasteiger partial charge in [0.1, 0.15) is 10.7 Å². The molecule has 1 aromatic rings. The predicted octanol–water partition coefficient (Wildman–Crippen LogP) is 1.46. The lowest BCUT2D eigenvalue weighted by Crippen LogP contribution is -2.26.